The number of urea groups is 1. The van der Waals surface area contributed by atoms with Crippen molar-refractivity contribution >= 4 is 6.03 Å². The summed E-state index contributed by atoms with van der Waals surface area (Å²) >= 11 is 0. The van der Waals surface area contributed by atoms with Crippen LogP contribution in [0.15, 0.2) is 30.3 Å². The molecule has 3 nitrogen and oxygen atoms in total. The minimum atomic E-state index is 0.120. The van der Waals surface area contributed by atoms with Crippen molar-refractivity contribution in [3.05, 3.63) is 35.9 Å². The fraction of sp³-hybridized carbons (Fsp3) is 0.562. The van der Waals surface area contributed by atoms with Gasteiger partial charge in [-0.15, -0.1) is 0 Å². The molecule has 1 fully saturated rings. The van der Waals surface area contributed by atoms with Crippen LogP contribution in [0.25, 0.3) is 0 Å². The molecule has 0 spiro atoms. The number of hydrogen-bond acceptors (Lipinski definition) is 1. The third-order valence-corrected chi connectivity index (χ3v) is 3.65. The van der Waals surface area contributed by atoms with E-state index in [0.717, 1.165) is 45.3 Å². The van der Waals surface area contributed by atoms with Crippen LogP contribution in [0, 0.1) is 0 Å². The molecule has 1 heterocycles. The number of nitrogens with zero attached hydrogens (tertiary/aromatic N) is 1. The molecule has 19 heavy (non-hydrogen) atoms. The van der Waals surface area contributed by atoms with Crippen LogP contribution in [0.3, 0.4) is 0 Å². The van der Waals surface area contributed by atoms with Crippen LogP contribution >= 0.6 is 0 Å². The Balaban J connectivity index is 1.63. The molecule has 0 aliphatic carbocycles. The number of carbonyl (C=O) groups is 1. The molecule has 1 aliphatic rings. The van der Waals surface area contributed by atoms with Gasteiger partial charge in [-0.05, 0) is 31.2 Å². The molecule has 0 bridgehead atoms. The highest BCUT2D eigenvalue weighted by atomic mass is 16.2. The van der Waals surface area contributed by atoms with Crippen LogP contribution in [0.2, 0.25) is 0 Å². The molecule has 1 aliphatic heterocycles. The predicted molar refractivity (Wildman–Crippen MR) is 78.2 cm³/mol. The van der Waals surface area contributed by atoms with Crippen LogP contribution in [0.5, 0.6) is 0 Å². The highest BCUT2D eigenvalue weighted by molar-refractivity contribution is 5.74. The summed E-state index contributed by atoms with van der Waals surface area (Å²) in [5, 5.41) is 3.04. The topological polar surface area (TPSA) is 32.3 Å². The van der Waals surface area contributed by atoms with Crippen molar-refractivity contribution < 1.29 is 4.79 Å². The Morgan fingerprint density at radius 3 is 2.42 bits per heavy atom. The van der Waals surface area contributed by atoms with E-state index >= 15 is 0 Å². The minimum Gasteiger partial charge on any atom is -0.338 e. The van der Waals surface area contributed by atoms with E-state index in [1.54, 1.807) is 0 Å². The van der Waals surface area contributed by atoms with Gasteiger partial charge in [-0.25, -0.2) is 4.79 Å². The average Bonchev–Trinajstić information content (AvgIpc) is 2.73. The molecule has 0 atom stereocenters. The summed E-state index contributed by atoms with van der Waals surface area (Å²) in [6, 6.07) is 10.5. The molecule has 1 N–H and O–H groups in total. The van der Waals surface area contributed by atoms with Crippen molar-refractivity contribution in [3.8, 4) is 0 Å². The monoisotopic (exact) mass is 260 g/mol. The zero-order valence-corrected chi connectivity index (χ0v) is 11.6. The SMILES string of the molecule is O=C(NCCCc1ccccc1)N1CCCCCC1. The van der Waals surface area contributed by atoms with Crippen molar-refractivity contribution in [3.63, 3.8) is 0 Å². The van der Waals surface area contributed by atoms with Crippen molar-refractivity contribution in [1.82, 2.24) is 10.2 Å². The molecular weight excluding hydrogens is 236 g/mol. The standard InChI is InChI=1S/C16H24N2O/c19-16(18-13-6-1-2-7-14-18)17-12-8-11-15-9-4-3-5-10-15/h3-5,9-10H,1-2,6-8,11-14H2,(H,17,19). The van der Waals surface area contributed by atoms with Crippen molar-refractivity contribution in [2.24, 2.45) is 0 Å². The Hall–Kier alpha value is -1.51. The normalized spacial score (nSPS) is 15.9. The third-order valence-electron chi connectivity index (χ3n) is 3.65. The number of benzene rings is 1. The second-order valence-corrected chi connectivity index (χ2v) is 5.22. The Morgan fingerprint density at radius 1 is 1.05 bits per heavy atom. The second kappa shape index (κ2) is 7.82. The van der Waals surface area contributed by atoms with Gasteiger partial charge in [-0.3, -0.25) is 0 Å². The zero-order chi connectivity index (χ0) is 13.3. The van der Waals surface area contributed by atoms with Crippen molar-refractivity contribution in [1.29, 1.82) is 0 Å². The van der Waals surface area contributed by atoms with E-state index in [1.165, 1.54) is 18.4 Å². The third kappa shape index (κ3) is 4.93. The lowest BCUT2D eigenvalue weighted by atomic mass is 10.1. The molecule has 1 aromatic rings. The molecule has 104 valence electrons. The Bertz CT molecular complexity index is 370. The molecular formula is C16H24N2O. The number of likely N-dealkylation sites (tertiary alicyclic amines) is 1. The van der Waals surface area contributed by atoms with E-state index in [9.17, 15) is 4.79 Å². The average molecular weight is 260 g/mol. The molecule has 1 aromatic carbocycles. The van der Waals surface area contributed by atoms with Gasteiger partial charge in [0.1, 0.15) is 0 Å². The number of nitrogens with one attached hydrogen (secondary N) is 1. The highest BCUT2D eigenvalue weighted by Gasteiger charge is 2.14. The zero-order valence-electron chi connectivity index (χ0n) is 11.6. The first kappa shape index (κ1) is 13.9. The molecule has 3 heteroatoms. The summed E-state index contributed by atoms with van der Waals surface area (Å²) in [4.78, 5) is 13.9. The summed E-state index contributed by atoms with van der Waals surface area (Å²) in [5.41, 5.74) is 1.34. The highest BCUT2D eigenvalue weighted by Crippen LogP contribution is 2.09. The van der Waals surface area contributed by atoms with E-state index < -0.39 is 0 Å². The van der Waals surface area contributed by atoms with Crippen LogP contribution in [0.4, 0.5) is 4.79 Å². The molecule has 0 radical (unpaired) electrons. The van der Waals surface area contributed by atoms with Crippen LogP contribution < -0.4 is 5.32 Å². The fourth-order valence-corrected chi connectivity index (χ4v) is 2.52. The Labute approximate surface area is 116 Å². The number of hydrogen-bond donors (Lipinski definition) is 1. The fourth-order valence-electron chi connectivity index (χ4n) is 2.52. The first-order chi connectivity index (χ1) is 9.36. The summed E-state index contributed by atoms with van der Waals surface area (Å²) < 4.78 is 0. The van der Waals surface area contributed by atoms with Gasteiger partial charge < -0.3 is 10.2 Å². The first-order valence-electron chi connectivity index (χ1n) is 7.43. The van der Waals surface area contributed by atoms with E-state index in [2.05, 4.69) is 29.6 Å². The van der Waals surface area contributed by atoms with Gasteiger partial charge in [0, 0.05) is 19.6 Å². The summed E-state index contributed by atoms with van der Waals surface area (Å²) in [5.74, 6) is 0. The maximum atomic E-state index is 12.0. The summed E-state index contributed by atoms with van der Waals surface area (Å²) in [7, 11) is 0. The molecule has 0 unspecified atom stereocenters. The summed E-state index contributed by atoms with van der Waals surface area (Å²) in [6.07, 6.45) is 6.86. The second-order valence-electron chi connectivity index (χ2n) is 5.22. The number of amides is 2. The van der Waals surface area contributed by atoms with Crippen molar-refractivity contribution in [2.75, 3.05) is 19.6 Å². The minimum absolute atomic E-state index is 0.120. The van der Waals surface area contributed by atoms with E-state index in [4.69, 9.17) is 0 Å². The van der Waals surface area contributed by atoms with E-state index in [1.807, 2.05) is 11.0 Å². The predicted octanol–water partition coefficient (Wildman–Crippen LogP) is 3.20. The molecule has 0 aromatic heterocycles. The quantitative estimate of drug-likeness (QED) is 0.828. The van der Waals surface area contributed by atoms with Gasteiger partial charge in [0.2, 0.25) is 0 Å². The number of rotatable bonds is 4. The van der Waals surface area contributed by atoms with Gasteiger partial charge in [0.05, 0.1) is 0 Å². The van der Waals surface area contributed by atoms with Crippen molar-refractivity contribution in [2.45, 2.75) is 38.5 Å². The number of carbonyl (C=O) groups excluding carboxylic acids is 1. The van der Waals surface area contributed by atoms with Gasteiger partial charge in [-0.1, -0.05) is 43.2 Å². The smallest absolute Gasteiger partial charge is 0.317 e. The largest absolute Gasteiger partial charge is 0.338 e. The molecule has 0 saturated carbocycles. The lowest BCUT2D eigenvalue weighted by Gasteiger charge is -2.20. The van der Waals surface area contributed by atoms with Gasteiger partial charge in [0.25, 0.3) is 0 Å². The first-order valence-corrected chi connectivity index (χ1v) is 7.43. The summed E-state index contributed by atoms with van der Waals surface area (Å²) in [6.45, 7) is 2.61. The van der Waals surface area contributed by atoms with Gasteiger partial charge in [-0.2, -0.15) is 0 Å². The maximum absolute atomic E-state index is 12.0. The molecule has 2 amide bonds. The van der Waals surface area contributed by atoms with Crippen LogP contribution in [0.1, 0.15) is 37.7 Å². The maximum Gasteiger partial charge on any atom is 0.317 e. The lowest BCUT2D eigenvalue weighted by molar-refractivity contribution is 0.200. The Kier molecular flexibility index (Phi) is 5.73. The lowest BCUT2D eigenvalue weighted by Crippen LogP contribution is -2.40. The van der Waals surface area contributed by atoms with Crippen LogP contribution in [-0.4, -0.2) is 30.6 Å². The van der Waals surface area contributed by atoms with Gasteiger partial charge >= 0.3 is 6.03 Å². The van der Waals surface area contributed by atoms with E-state index in [-0.39, 0.29) is 6.03 Å². The van der Waals surface area contributed by atoms with Crippen LogP contribution in [-0.2, 0) is 6.42 Å². The molecule has 1 saturated heterocycles. The van der Waals surface area contributed by atoms with Gasteiger partial charge in [0.15, 0.2) is 0 Å². The Morgan fingerprint density at radius 2 is 1.74 bits per heavy atom. The molecule has 2 rings (SSSR count). The van der Waals surface area contributed by atoms with E-state index in [0.29, 0.717) is 0 Å². The number of aryl methyl sites for hydroxylation is 1.